The Labute approximate surface area is 97.1 Å². The molecule has 0 heterocycles. The van der Waals surface area contributed by atoms with E-state index in [-0.39, 0.29) is 18.5 Å². The number of rotatable bonds is 3. The highest BCUT2D eigenvalue weighted by atomic mass is 35.5. The second kappa shape index (κ2) is 6.11. The van der Waals surface area contributed by atoms with Gasteiger partial charge in [0.1, 0.15) is 0 Å². The molecule has 0 aromatic heterocycles. The molecule has 1 aliphatic carbocycles. The Morgan fingerprint density at radius 1 is 1.20 bits per heavy atom. The molecule has 1 fully saturated rings. The van der Waals surface area contributed by atoms with Crippen LogP contribution in [0.15, 0.2) is 30.3 Å². The molecule has 3 heteroatoms. The second-order valence-electron chi connectivity index (χ2n) is 3.97. The summed E-state index contributed by atoms with van der Waals surface area (Å²) in [6.45, 7) is 0.864. The smallest absolute Gasteiger partial charge is 0.0693 e. The van der Waals surface area contributed by atoms with E-state index in [4.69, 9.17) is 0 Å². The molecular formula is C12H18ClNO. The maximum Gasteiger partial charge on any atom is 0.0693 e. The third-order valence-electron chi connectivity index (χ3n) is 2.89. The van der Waals surface area contributed by atoms with Crippen molar-refractivity contribution in [1.29, 1.82) is 0 Å². The average Bonchev–Trinajstić information content (AvgIpc) is 2.63. The van der Waals surface area contributed by atoms with Crippen LogP contribution >= 0.6 is 12.4 Å². The van der Waals surface area contributed by atoms with Crippen LogP contribution in [0.3, 0.4) is 0 Å². The maximum atomic E-state index is 9.60. The summed E-state index contributed by atoms with van der Waals surface area (Å²) in [7, 11) is 0. The normalized spacial score (nSPS) is 24.9. The number of aliphatic hydroxyl groups excluding tert-OH is 1. The van der Waals surface area contributed by atoms with Crippen molar-refractivity contribution in [2.45, 2.75) is 38.0 Å². The van der Waals surface area contributed by atoms with Gasteiger partial charge in [0.2, 0.25) is 0 Å². The van der Waals surface area contributed by atoms with Crippen molar-refractivity contribution in [3.05, 3.63) is 35.9 Å². The molecule has 2 rings (SSSR count). The van der Waals surface area contributed by atoms with Crippen molar-refractivity contribution in [2.75, 3.05) is 0 Å². The molecule has 1 aromatic carbocycles. The lowest BCUT2D eigenvalue weighted by atomic mass is 10.2. The summed E-state index contributed by atoms with van der Waals surface area (Å²) in [5.74, 6) is 0. The standard InChI is InChI=1S/C12H17NO.ClH/c14-12-8-4-7-11(12)13-9-10-5-2-1-3-6-10;/h1-3,5-6,11-14H,4,7-9H2;1H/t11-,12+;/m1./s1. The molecule has 0 radical (unpaired) electrons. The van der Waals surface area contributed by atoms with Crippen LogP contribution in [-0.2, 0) is 6.54 Å². The number of nitrogens with one attached hydrogen (secondary N) is 1. The quantitative estimate of drug-likeness (QED) is 0.829. The second-order valence-corrected chi connectivity index (χ2v) is 3.97. The van der Waals surface area contributed by atoms with Crippen LogP contribution in [0.5, 0.6) is 0 Å². The van der Waals surface area contributed by atoms with Crippen molar-refractivity contribution in [3.8, 4) is 0 Å². The van der Waals surface area contributed by atoms with Gasteiger partial charge in [-0.3, -0.25) is 0 Å². The molecule has 0 amide bonds. The van der Waals surface area contributed by atoms with Gasteiger partial charge in [0.15, 0.2) is 0 Å². The van der Waals surface area contributed by atoms with Gasteiger partial charge in [0.25, 0.3) is 0 Å². The number of benzene rings is 1. The highest BCUT2D eigenvalue weighted by Gasteiger charge is 2.24. The lowest BCUT2D eigenvalue weighted by Crippen LogP contribution is -2.34. The zero-order valence-corrected chi connectivity index (χ0v) is 9.54. The minimum atomic E-state index is -0.140. The van der Waals surface area contributed by atoms with E-state index >= 15 is 0 Å². The molecule has 84 valence electrons. The fourth-order valence-corrected chi connectivity index (χ4v) is 2.02. The van der Waals surface area contributed by atoms with Gasteiger partial charge in [-0.1, -0.05) is 30.3 Å². The molecule has 1 aromatic rings. The largest absolute Gasteiger partial charge is 0.392 e. The molecule has 15 heavy (non-hydrogen) atoms. The Bertz CT molecular complexity index is 278. The number of halogens is 1. The molecule has 2 N–H and O–H groups in total. The first kappa shape index (κ1) is 12.5. The number of aliphatic hydroxyl groups is 1. The van der Waals surface area contributed by atoms with E-state index in [0.717, 1.165) is 25.8 Å². The Balaban J connectivity index is 0.00000112. The Morgan fingerprint density at radius 3 is 2.53 bits per heavy atom. The zero-order chi connectivity index (χ0) is 9.80. The van der Waals surface area contributed by atoms with Gasteiger partial charge in [-0.25, -0.2) is 0 Å². The van der Waals surface area contributed by atoms with E-state index in [1.807, 2.05) is 18.2 Å². The molecule has 0 bridgehead atoms. The molecule has 0 unspecified atom stereocenters. The fraction of sp³-hybridized carbons (Fsp3) is 0.500. The van der Waals surface area contributed by atoms with Crippen molar-refractivity contribution in [1.82, 2.24) is 5.32 Å². The van der Waals surface area contributed by atoms with E-state index < -0.39 is 0 Å². The summed E-state index contributed by atoms with van der Waals surface area (Å²) in [6, 6.07) is 10.6. The first-order valence-electron chi connectivity index (χ1n) is 5.31. The Morgan fingerprint density at radius 2 is 1.93 bits per heavy atom. The maximum absolute atomic E-state index is 9.60. The van der Waals surface area contributed by atoms with Crippen LogP contribution < -0.4 is 5.32 Å². The third-order valence-corrected chi connectivity index (χ3v) is 2.89. The van der Waals surface area contributed by atoms with Crippen molar-refractivity contribution in [2.24, 2.45) is 0 Å². The predicted octanol–water partition coefficient (Wildman–Crippen LogP) is 2.11. The van der Waals surface area contributed by atoms with Crippen LogP contribution in [-0.4, -0.2) is 17.3 Å². The SMILES string of the molecule is Cl.O[C@H]1CCC[C@H]1NCc1ccccc1. The summed E-state index contributed by atoms with van der Waals surface area (Å²) in [6.07, 6.45) is 3.06. The van der Waals surface area contributed by atoms with Gasteiger partial charge in [-0.2, -0.15) is 0 Å². The molecule has 0 aliphatic heterocycles. The summed E-state index contributed by atoms with van der Waals surface area (Å²) in [5.41, 5.74) is 1.28. The molecule has 0 saturated heterocycles. The zero-order valence-electron chi connectivity index (χ0n) is 8.73. The van der Waals surface area contributed by atoms with Gasteiger partial charge in [0.05, 0.1) is 6.10 Å². The molecule has 2 atom stereocenters. The molecule has 2 nitrogen and oxygen atoms in total. The lowest BCUT2D eigenvalue weighted by molar-refractivity contribution is 0.148. The van der Waals surface area contributed by atoms with E-state index in [1.165, 1.54) is 5.56 Å². The summed E-state index contributed by atoms with van der Waals surface area (Å²) in [5, 5.41) is 13.0. The minimum absolute atomic E-state index is 0. The summed E-state index contributed by atoms with van der Waals surface area (Å²) < 4.78 is 0. The highest BCUT2D eigenvalue weighted by Crippen LogP contribution is 2.19. The van der Waals surface area contributed by atoms with Crippen molar-refractivity contribution in [3.63, 3.8) is 0 Å². The fourth-order valence-electron chi connectivity index (χ4n) is 2.02. The third kappa shape index (κ3) is 3.49. The van der Waals surface area contributed by atoms with Crippen LogP contribution in [0.1, 0.15) is 24.8 Å². The van der Waals surface area contributed by atoms with E-state index in [9.17, 15) is 5.11 Å². The molecule has 1 aliphatic rings. The van der Waals surface area contributed by atoms with E-state index in [1.54, 1.807) is 0 Å². The van der Waals surface area contributed by atoms with Crippen LogP contribution in [0.25, 0.3) is 0 Å². The minimum Gasteiger partial charge on any atom is -0.392 e. The number of hydrogen-bond acceptors (Lipinski definition) is 2. The van der Waals surface area contributed by atoms with Gasteiger partial charge in [-0.15, -0.1) is 12.4 Å². The van der Waals surface area contributed by atoms with E-state index in [0.29, 0.717) is 6.04 Å². The van der Waals surface area contributed by atoms with Crippen LogP contribution in [0, 0.1) is 0 Å². The average molecular weight is 228 g/mol. The van der Waals surface area contributed by atoms with Gasteiger partial charge in [0, 0.05) is 12.6 Å². The predicted molar refractivity (Wildman–Crippen MR) is 64.2 cm³/mol. The van der Waals surface area contributed by atoms with Crippen LogP contribution in [0.4, 0.5) is 0 Å². The topological polar surface area (TPSA) is 32.3 Å². The highest BCUT2D eigenvalue weighted by molar-refractivity contribution is 5.85. The van der Waals surface area contributed by atoms with Gasteiger partial charge < -0.3 is 10.4 Å². The molecule has 0 spiro atoms. The van der Waals surface area contributed by atoms with Crippen molar-refractivity contribution < 1.29 is 5.11 Å². The first-order chi connectivity index (χ1) is 6.86. The Kier molecular flexibility index (Phi) is 5.09. The van der Waals surface area contributed by atoms with Gasteiger partial charge in [-0.05, 0) is 24.8 Å². The molecular weight excluding hydrogens is 210 g/mol. The van der Waals surface area contributed by atoms with Crippen LogP contribution in [0.2, 0.25) is 0 Å². The van der Waals surface area contributed by atoms with Gasteiger partial charge >= 0.3 is 0 Å². The summed E-state index contributed by atoms with van der Waals surface area (Å²) >= 11 is 0. The van der Waals surface area contributed by atoms with Crippen molar-refractivity contribution >= 4 is 12.4 Å². The molecule has 1 saturated carbocycles. The summed E-state index contributed by atoms with van der Waals surface area (Å²) in [4.78, 5) is 0. The lowest BCUT2D eigenvalue weighted by Gasteiger charge is -2.16. The Hall–Kier alpha value is -0.570. The number of hydrogen-bond donors (Lipinski definition) is 2. The first-order valence-corrected chi connectivity index (χ1v) is 5.31. The monoisotopic (exact) mass is 227 g/mol. The van der Waals surface area contributed by atoms with E-state index in [2.05, 4.69) is 17.4 Å².